The van der Waals surface area contributed by atoms with E-state index >= 15 is 0 Å². The van der Waals surface area contributed by atoms with Crippen molar-refractivity contribution < 1.29 is 9.18 Å². The molecule has 6 nitrogen and oxygen atoms in total. The van der Waals surface area contributed by atoms with E-state index in [1.807, 2.05) is 0 Å². The molecule has 1 aromatic heterocycles. The summed E-state index contributed by atoms with van der Waals surface area (Å²) in [5, 5.41) is 6.14. The summed E-state index contributed by atoms with van der Waals surface area (Å²) < 4.78 is 13.9. The van der Waals surface area contributed by atoms with Crippen molar-refractivity contribution in [2.75, 3.05) is 22.6 Å². The van der Waals surface area contributed by atoms with Crippen molar-refractivity contribution in [1.82, 2.24) is 9.97 Å². The molecule has 1 amide bonds. The van der Waals surface area contributed by atoms with Crippen molar-refractivity contribution in [3.63, 3.8) is 0 Å². The topological polar surface area (TPSA) is 70.2 Å². The van der Waals surface area contributed by atoms with Crippen LogP contribution in [0.2, 0.25) is 0 Å². The lowest BCUT2D eigenvalue weighted by Crippen LogP contribution is -2.28. The first-order valence-electron chi connectivity index (χ1n) is 7.93. The Balaban J connectivity index is 1.72. The molecule has 0 atom stereocenters. The number of hydrogen-bond donors (Lipinski definition) is 2. The predicted octanol–water partition coefficient (Wildman–Crippen LogP) is 3.31. The average molecular weight is 329 g/mol. The quantitative estimate of drug-likeness (QED) is 0.881. The molecule has 1 aromatic carbocycles. The van der Waals surface area contributed by atoms with Gasteiger partial charge in [0.05, 0.1) is 6.20 Å². The van der Waals surface area contributed by atoms with Gasteiger partial charge in [0.2, 0.25) is 11.9 Å². The fraction of sp³-hybridized carbons (Fsp3) is 0.353. The fourth-order valence-corrected chi connectivity index (χ4v) is 2.35. The van der Waals surface area contributed by atoms with E-state index in [9.17, 15) is 9.18 Å². The Morgan fingerprint density at radius 2 is 2.00 bits per heavy atom. The monoisotopic (exact) mass is 329 g/mol. The van der Waals surface area contributed by atoms with Crippen molar-refractivity contribution >= 4 is 29.0 Å². The van der Waals surface area contributed by atoms with E-state index in [2.05, 4.69) is 20.6 Å². The highest BCUT2D eigenvalue weighted by Gasteiger charge is 2.18. The minimum absolute atomic E-state index is 0.0516. The molecule has 1 aliphatic carbocycles. The van der Waals surface area contributed by atoms with Crippen LogP contribution in [0.4, 0.5) is 27.5 Å². The third kappa shape index (κ3) is 3.61. The van der Waals surface area contributed by atoms with Gasteiger partial charge in [-0.05, 0) is 43.5 Å². The van der Waals surface area contributed by atoms with E-state index in [0.29, 0.717) is 17.7 Å². The van der Waals surface area contributed by atoms with E-state index < -0.39 is 5.82 Å². The molecule has 2 aromatic rings. The predicted molar refractivity (Wildman–Crippen MR) is 92.1 cm³/mol. The second-order valence-corrected chi connectivity index (χ2v) is 5.91. The van der Waals surface area contributed by atoms with E-state index in [1.165, 1.54) is 18.2 Å². The summed E-state index contributed by atoms with van der Waals surface area (Å²) in [6.07, 6.45) is 4.54. The number of carbonyl (C=O) groups excluding carboxylic acids is 1. The van der Waals surface area contributed by atoms with Gasteiger partial charge in [-0.25, -0.2) is 9.37 Å². The number of hydrogen-bond acceptors (Lipinski definition) is 5. The molecule has 126 valence electrons. The van der Waals surface area contributed by atoms with Gasteiger partial charge in [-0.2, -0.15) is 4.98 Å². The van der Waals surface area contributed by atoms with Crippen molar-refractivity contribution in [2.45, 2.75) is 32.2 Å². The Morgan fingerprint density at radius 3 is 2.58 bits per heavy atom. The first-order chi connectivity index (χ1) is 11.5. The summed E-state index contributed by atoms with van der Waals surface area (Å²) in [5.74, 6) is -0.0145. The van der Waals surface area contributed by atoms with Crippen LogP contribution < -0.4 is 15.5 Å². The summed E-state index contributed by atoms with van der Waals surface area (Å²) >= 11 is 0. The zero-order valence-corrected chi connectivity index (χ0v) is 13.7. The number of halogens is 1. The molecule has 3 rings (SSSR count). The zero-order chi connectivity index (χ0) is 17.1. The van der Waals surface area contributed by atoms with E-state index in [1.54, 1.807) is 31.3 Å². The van der Waals surface area contributed by atoms with Crippen LogP contribution in [0.25, 0.3) is 0 Å². The number of benzene rings is 1. The molecular formula is C17H20FN5O. The lowest BCUT2D eigenvalue weighted by Gasteiger charge is -2.26. The maximum absolute atomic E-state index is 13.9. The summed E-state index contributed by atoms with van der Waals surface area (Å²) in [6.45, 7) is 1.50. The fourth-order valence-electron chi connectivity index (χ4n) is 2.35. The average Bonchev–Trinajstić information content (AvgIpc) is 2.53. The lowest BCUT2D eigenvalue weighted by atomic mass is 9.93. The molecule has 0 radical (unpaired) electrons. The summed E-state index contributed by atoms with van der Waals surface area (Å²) in [5.41, 5.74) is 1.45. The molecule has 1 fully saturated rings. The smallest absolute Gasteiger partial charge is 0.225 e. The highest BCUT2D eigenvalue weighted by Crippen LogP contribution is 2.24. The molecule has 0 spiro atoms. The first-order valence-corrected chi connectivity index (χ1v) is 7.93. The van der Waals surface area contributed by atoms with Crippen molar-refractivity contribution in [2.24, 2.45) is 0 Å². The largest absolute Gasteiger partial charge is 0.351 e. The molecule has 1 saturated carbocycles. The number of nitrogens with zero attached hydrogens (tertiary/aromatic N) is 3. The Bertz CT molecular complexity index is 730. The van der Waals surface area contributed by atoms with Gasteiger partial charge in [0.15, 0.2) is 11.6 Å². The summed E-state index contributed by atoms with van der Waals surface area (Å²) in [7, 11) is 1.70. The van der Waals surface area contributed by atoms with Crippen LogP contribution in [0.1, 0.15) is 26.2 Å². The Hall–Kier alpha value is -2.70. The molecule has 1 heterocycles. The highest BCUT2D eigenvalue weighted by atomic mass is 19.1. The van der Waals surface area contributed by atoms with Gasteiger partial charge in [-0.1, -0.05) is 0 Å². The van der Waals surface area contributed by atoms with Gasteiger partial charge >= 0.3 is 0 Å². The summed E-state index contributed by atoms with van der Waals surface area (Å²) in [6, 6.07) is 7.50. The lowest BCUT2D eigenvalue weighted by molar-refractivity contribution is -0.116. The minimum atomic E-state index is -0.515. The second-order valence-electron chi connectivity index (χ2n) is 5.91. The normalized spacial score (nSPS) is 14.0. The number of aromatic nitrogens is 2. The molecule has 2 N–H and O–H groups in total. The van der Waals surface area contributed by atoms with Crippen LogP contribution in [0, 0.1) is 5.82 Å². The van der Waals surface area contributed by atoms with Crippen LogP contribution in [0.15, 0.2) is 30.5 Å². The van der Waals surface area contributed by atoms with E-state index in [0.717, 1.165) is 24.7 Å². The maximum Gasteiger partial charge on any atom is 0.225 e. The molecule has 0 unspecified atom stereocenters. The van der Waals surface area contributed by atoms with Crippen LogP contribution in [0.3, 0.4) is 0 Å². The first kappa shape index (κ1) is 16.2. The number of amides is 1. The third-order valence-electron chi connectivity index (χ3n) is 4.17. The van der Waals surface area contributed by atoms with E-state index in [4.69, 9.17) is 0 Å². The standard InChI is InChI=1S/C17H20FN5O/c1-11(24)23(2)14-8-6-13(7-9-14)20-16-15(18)10-19-17(22-16)21-12-4-3-5-12/h6-10,12H,3-5H2,1-2H3,(H2,19,20,21,22). The third-order valence-corrected chi connectivity index (χ3v) is 4.17. The highest BCUT2D eigenvalue weighted by molar-refractivity contribution is 5.91. The van der Waals surface area contributed by atoms with Crippen LogP contribution >= 0.6 is 0 Å². The minimum Gasteiger partial charge on any atom is -0.351 e. The number of rotatable bonds is 5. The van der Waals surface area contributed by atoms with Gasteiger partial charge in [0.25, 0.3) is 0 Å². The van der Waals surface area contributed by atoms with Gasteiger partial charge < -0.3 is 15.5 Å². The molecular weight excluding hydrogens is 309 g/mol. The molecule has 0 saturated heterocycles. The van der Waals surface area contributed by atoms with Crippen LogP contribution in [-0.2, 0) is 4.79 Å². The summed E-state index contributed by atoms with van der Waals surface area (Å²) in [4.78, 5) is 21.1. The van der Waals surface area contributed by atoms with Crippen LogP contribution in [0.5, 0.6) is 0 Å². The van der Waals surface area contributed by atoms with Crippen molar-refractivity contribution in [3.8, 4) is 0 Å². The van der Waals surface area contributed by atoms with Gasteiger partial charge in [-0.15, -0.1) is 0 Å². The molecule has 0 bridgehead atoms. The van der Waals surface area contributed by atoms with Gasteiger partial charge in [-0.3, -0.25) is 4.79 Å². The number of anilines is 4. The zero-order valence-electron chi connectivity index (χ0n) is 13.7. The van der Waals surface area contributed by atoms with Gasteiger partial charge in [0.1, 0.15) is 0 Å². The van der Waals surface area contributed by atoms with Gasteiger partial charge in [0, 0.05) is 31.4 Å². The molecule has 0 aliphatic heterocycles. The number of nitrogens with one attached hydrogen (secondary N) is 2. The Labute approximate surface area is 140 Å². The van der Waals surface area contributed by atoms with Crippen molar-refractivity contribution in [3.05, 3.63) is 36.3 Å². The number of carbonyl (C=O) groups is 1. The van der Waals surface area contributed by atoms with Crippen molar-refractivity contribution in [1.29, 1.82) is 0 Å². The van der Waals surface area contributed by atoms with Crippen LogP contribution in [-0.4, -0.2) is 29.0 Å². The maximum atomic E-state index is 13.9. The molecule has 24 heavy (non-hydrogen) atoms. The SMILES string of the molecule is CC(=O)N(C)c1ccc(Nc2nc(NC3CCC3)ncc2F)cc1. The Kier molecular flexibility index (Phi) is 4.59. The second kappa shape index (κ2) is 6.82. The molecule has 7 heteroatoms. The molecule has 1 aliphatic rings. The van der Waals surface area contributed by atoms with E-state index in [-0.39, 0.29) is 11.7 Å². The Morgan fingerprint density at radius 1 is 1.29 bits per heavy atom.